The van der Waals surface area contributed by atoms with Crippen LogP contribution in [0.2, 0.25) is 5.02 Å². The normalized spacial score (nSPS) is 14.5. The molecule has 0 saturated heterocycles. The van der Waals surface area contributed by atoms with Gasteiger partial charge in [0.2, 0.25) is 6.41 Å². The predicted octanol–water partition coefficient (Wildman–Crippen LogP) is 5.42. The summed E-state index contributed by atoms with van der Waals surface area (Å²) in [6.07, 6.45) is 11.3. The molecule has 0 radical (unpaired) electrons. The van der Waals surface area contributed by atoms with Crippen molar-refractivity contribution >= 4 is 35.3 Å². The van der Waals surface area contributed by atoms with E-state index in [1.54, 1.807) is 13.2 Å². The summed E-state index contributed by atoms with van der Waals surface area (Å²) in [4.78, 5) is 23.1. The number of hydrogen-bond donors (Lipinski definition) is 2. The van der Waals surface area contributed by atoms with Gasteiger partial charge < -0.3 is 24.5 Å². The molecule has 198 valence electrons. The lowest BCUT2D eigenvalue weighted by Gasteiger charge is -2.10. The van der Waals surface area contributed by atoms with Crippen LogP contribution in [0.1, 0.15) is 54.3 Å². The van der Waals surface area contributed by atoms with Crippen LogP contribution in [-0.4, -0.2) is 46.1 Å². The Morgan fingerprint density at radius 1 is 1.03 bits per heavy atom. The molecule has 0 aliphatic heterocycles. The monoisotopic (exact) mass is 534 g/mol. The number of nitrogens with zero attached hydrogens (tertiary/aromatic N) is 4. The summed E-state index contributed by atoms with van der Waals surface area (Å²) in [5.41, 5.74) is 4.51. The molecule has 2 aliphatic rings. The van der Waals surface area contributed by atoms with Crippen molar-refractivity contribution in [3.8, 4) is 5.75 Å². The Morgan fingerprint density at radius 2 is 1.84 bits per heavy atom. The van der Waals surface area contributed by atoms with Crippen molar-refractivity contribution < 1.29 is 14.3 Å². The molecule has 2 aliphatic carbocycles. The molecule has 9 nitrogen and oxygen atoms in total. The molecule has 1 aromatic carbocycles. The fraction of sp³-hybridized carbons (Fsp3) is 0.357. The second-order valence-electron chi connectivity index (χ2n) is 9.44. The minimum Gasteiger partial charge on any atom is -0.491 e. The lowest BCUT2D eigenvalue weighted by atomic mass is 10.1. The molecule has 10 heteroatoms. The van der Waals surface area contributed by atoms with Crippen molar-refractivity contribution in [3.63, 3.8) is 0 Å². The number of halogens is 1. The molecule has 4 aromatic rings. The van der Waals surface area contributed by atoms with Crippen LogP contribution in [0, 0.1) is 0 Å². The maximum absolute atomic E-state index is 10.4. The van der Waals surface area contributed by atoms with Crippen molar-refractivity contribution in [2.45, 2.75) is 44.1 Å². The lowest BCUT2D eigenvalue weighted by Crippen LogP contribution is -2.05. The van der Waals surface area contributed by atoms with E-state index in [4.69, 9.17) is 21.1 Å². The van der Waals surface area contributed by atoms with Gasteiger partial charge in [0.25, 0.3) is 0 Å². The molecule has 0 spiro atoms. The van der Waals surface area contributed by atoms with E-state index in [0.717, 1.165) is 28.0 Å². The van der Waals surface area contributed by atoms with Gasteiger partial charge in [-0.3, -0.25) is 4.79 Å². The third-order valence-corrected chi connectivity index (χ3v) is 6.67. The zero-order valence-electron chi connectivity index (χ0n) is 21.3. The minimum absolute atomic E-state index is 0.460. The Balaban J connectivity index is 0.000000170. The summed E-state index contributed by atoms with van der Waals surface area (Å²) in [5.74, 6) is 3.44. The molecule has 0 atom stereocenters. The first-order valence-corrected chi connectivity index (χ1v) is 13.2. The number of carbonyl (C=O) groups is 1. The third kappa shape index (κ3) is 6.99. The Kier molecular flexibility index (Phi) is 8.35. The second kappa shape index (κ2) is 12.2. The zero-order chi connectivity index (χ0) is 26.3. The largest absolute Gasteiger partial charge is 0.491 e. The van der Waals surface area contributed by atoms with Gasteiger partial charge in [0.15, 0.2) is 0 Å². The van der Waals surface area contributed by atoms with Crippen molar-refractivity contribution in [2.75, 3.05) is 31.0 Å². The molecule has 2 N–H and O–H groups in total. The number of rotatable bonds is 11. The molecule has 0 unspecified atom stereocenters. The Morgan fingerprint density at radius 3 is 2.61 bits per heavy atom. The molecule has 6 rings (SSSR count). The molecule has 0 bridgehead atoms. The van der Waals surface area contributed by atoms with Gasteiger partial charge in [-0.15, -0.1) is 0 Å². The van der Waals surface area contributed by atoms with Gasteiger partial charge in [0.1, 0.15) is 36.0 Å². The van der Waals surface area contributed by atoms with Crippen molar-refractivity contribution in [3.05, 3.63) is 77.0 Å². The summed E-state index contributed by atoms with van der Waals surface area (Å²) < 4.78 is 12.7. The first-order chi connectivity index (χ1) is 18.6. The van der Waals surface area contributed by atoms with Gasteiger partial charge >= 0.3 is 0 Å². The van der Waals surface area contributed by atoms with E-state index >= 15 is 0 Å². The topological polar surface area (TPSA) is 103 Å². The Hall–Kier alpha value is -3.69. The van der Waals surface area contributed by atoms with Gasteiger partial charge in [0, 0.05) is 30.6 Å². The van der Waals surface area contributed by atoms with Crippen LogP contribution < -0.4 is 15.4 Å². The van der Waals surface area contributed by atoms with E-state index < -0.39 is 0 Å². The minimum atomic E-state index is 0.460. The molecule has 3 aromatic heterocycles. The van der Waals surface area contributed by atoms with Crippen LogP contribution in [0.4, 0.5) is 11.6 Å². The Labute approximate surface area is 226 Å². The quantitative estimate of drug-likeness (QED) is 0.195. The number of benzene rings is 1. The number of aromatic nitrogens is 4. The van der Waals surface area contributed by atoms with E-state index in [0.29, 0.717) is 43.7 Å². The number of anilines is 2. The van der Waals surface area contributed by atoms with Crippen molar-refractivity contribution in [2.24, 2.45) is 0 Å². The molecule has 3 heterocycles. The summed E-state index contributed by atoms with van der Waals surface area (Å²) in [6, 6.07) is 11.7. The molecule has 2 fully saturated rings. The summed E-state index contributed by atoms with van der Waals surface area (Å²) in [6.45, 7) is 1.77. The SMILES string of the molecule is COCCOc1ccc(Cl)cc1C1CC1.O=CNc1cc(NCc2cn3cc(C4CC4)ccc3n2)ncn1. The highest BCUT2D eigenvalue weighted by Crippen LogP contribution is 2.45. The first-order valence-electron chi connectivity index (χ1n) is 12.8. The van der Waals surface area contributed by atoms with Gasteiger partial charge in [-0.25, -0.2) is 15.0 Å². The number of methoxy groups -OCH3 is 1. The highest BCUT2D eigenvalue weighted by atomic mass is 35.5. The van der Waals surface area contributed by atoms with Crippen LogP contribution in [0.15, 0.2) is 55.1 Å². The number of hydrogen-bond acceptors (Lipinski definition) is 7. The van der Waals surface area contributed by atoms with E-state index in [2.05, 4.69) is 48.3 Å². The molecule has 38 heavy (non-hydrogen) atoms. The number of fused-ring (bicyclic) bond motifs is 1. The number of nitrogens with one attached hydrogen (secondary N) is 2. The molecule has 1 amide bonds. The number of pyridine rings is 1. The lowest BCUT2D eigenvalue weighted by molar-refractivity contribution is -0.105. The van der Waals surface area contributed by atoms with Gasteiger partial charge in [0.05, 0.1) is 18.8 Å². The fourth-order valence-electron chi connectivity index (χ4n) is 4.18. The van der Waals surface area contributed by atoms with Crippen molar-refractivity contribution in [1.82, 2.24) is 19.4 Å². The predicted molar refractivity (Wildman–Crippen MR) is 147 cm³/mol. The number of ether oxygens (including phenoxy) is 2. The number of amides is 1. The average Bonchev–Trinajstić information content (AvgIpc) is 3.86. The maximum atomic E-state index is 10.4. The van der Waals surface area contributed by atoms with E-state index in [9.17, 15) is 4.79 Å². The average molecular weight is 535 g/mol. The highest BCUT2D eigenvalue weighted by molar-refractivity contribution is 6.30. The molecular formula is C28H31ClN6O3. The first kappa shape index (κ1) is 25.9. The smallest absolute Gasteiger partial charge is 0.212 e. The number of carbonyl (C=O) groups excluding carboxylic acids is 1. The highest BCUT2D eigenvalue weighted by Gasteiger charge is 2.27. The van der Waals surface area contributed by atoms with Crippen LogP contribution in [0.3, 0.4) is 0 Å². The van der Waals surface area contributed by atoms with Crippen LogP contribution in [0.25, 0.3) is 5.65 Å². The van der Waals surface area contributed by atoms with Crippen molar-refractivity contribution in [1.29, 1.82) is 0 Å². The maximum Gasteiger partial charge on any atom is 0.212 e. The third-order valence-electron chi connectivity index (χ3n) is 6.43. The fourth-order valence-corrected chi connectivity index (χ4v) is 4.36. The van der Waals surface area contributed by atoms with Gasteiger partial charge in [-0.2, -0.15) is 0 Å². The van der Waals surface area contributed by atoms with E-state index in [1.807, 2.05) is 24.4 Å². The second-order valence-corrected chi connectivity index (χ2v) is 9.87. The van der Waals surface area contributed by atoms with Crippen LogP contribution in [-0.2, 0) is 16.1 Å². The summed E-state index contributed by atoms with van der Waals surface area (Å²) in [5, 5.41) is 6.47. The Bertz CT molecular complexity index is 1390. The summed E-state index contributed by atoms with van der Waals surface area (Å²) in [7, 11) is 1.67. The van der Waals surface area contributed by atoms with E-state index in [1.165, 1.54) is 43.1 Å². The number of imidazole rings is 1. The van der Waals surface area contributed by atoms with Gasteiger partial charge in [-0.05, 0) is 72.9 Å². The molecular weight excluding hydrogens is 504 g/mol. The van der Waals surface area contributed by atoms with E-state index in [-0.39, 0.29) is 0 Å². The standard InChI is InChI=1S/C16H16N6O.C12H15ClO2/c23-10-20-15-5-14(18-9-19-15)17-6-13-8-22-7-12(11-1-2-11)3-4-16(22)21-13;1-14-6-7-15-12-5-4-10(13)8-11(12)9-2-3-9/h3-5,7-11H,1-2,6H2,(H2,17,18,19,20,23);4-5,8-9H,2-3,6-7H2,1H3. The summed E-state index contributed by atoms with van der Waals surface area (Å²) >= 11 is 5.97. The van der Waals surface area contributed by atoms with Crippen LogP contribution in [0.5, 0.6) is 5.75 Å². The molecule has 2 saturated carbocycles. The zero-order valence-corrected chi connectivity index (χ0v) is 22.0. The van der Waals surface area contributed by atoms with Crippen LogP contribution >= 0.6 is 11.6 Å². The van der Waals surface area contributed by atoms with Gasteiger partial charge in [-0.1, -0.05) is 17.7 Å².